The highest BCUT2D eigenvalue weighted by atomic mass is 35.5. The van der Waals surface area contributed by atoms with E-state index in [1.165, 1.54) is 205 Å². The first-order valence-corrected chi connectivity index (χ1v) is 25.4. The fourth-order valence-electron chi connectivity index (χ4n) is 8.22. The summed E-state index contributed by atoms with van der Waals surface area (Å²) < 4.78 is 12.4. The molecule has 0 amide bonds. The fourth-order valence-corrected chi connectivity index (χ4v) is 8.22. The van der Waals surface area contributed by atoms with E-state index in [9.17, 15) is 9.59 Å². The molecule has 0 saturated heterocycles. The molecule has 0 aliphatic rings. The van der Waals surface area contributed by atoms with Crippen molar-refractivity contribution in [1.29, 1.82) is 0 Å². The zero-order valence-corrected chi connectivity index (χ0v) is 40.4. The summed E-state index contributed by atoms with van der Waals surface area (Å²) in [7, 11) is 6.10. The Balaban J connectivity index is 0. The van der Waals surface area contributed by atoms with Crippen LogP contribution in [0.25, 0.3) is 0 Å². The maximum absolute atomic E-state index is 13.2. The van der Waals surface area contributed by atoms with Crippen LogP contribution in [0.15, 0.2) is 0 Å². The van der Waals surface area contributed by atoms with Gasteiger partial charge in [0.25, 0.3) is 0 Å². The van der Waals surface area contributed by atoms with Gasteiger partial charge in [-0.05, 0) is 32.1 Å². The lowest BCUT2D eigenvalue weighted by Gasteiger charge is -2.32. The molecule has 0 aliphatic carbocycles. The normalized spacial score (nSPS) is 12.2. The van der Waals surface area contributed by atoms with Gasteiger partial charge in [0.15, 0.2) is 6.04 Å². The summed E-state index contributed by atoms with van der Waals surface area (Å²) >= 11 is 0. The predicted octanol–water partition coefficient (Wildman–Crippen LogP) is 13.2. The number of carbonyl (C=O) groups excluding carboxylic acids is 2. The zero-order valence-electron chi connectivity index (χ0n) is 39.6. The summed E-state index contributed by atoms with van der Waals surface area (Å²) in [6.45, 7) is 7.33. The van der Waals surface area contributed by atoms with Crippen LogP contribution in [0.4, 0.5) is 0 Å². The van der Waals surface area contributed by atoms with Gasteiger partial charge in [0.2, 0.25) is 0 Å². The molecule has 5 nitrogen and oxygen atoms in total. The van der Waals surface area contributed by atoms with Crippen molar-refractivity contribution in [2.24, 2.45) is 0 Å². The van der Waals surface area contributed by atoms with Crippen molar-refractivity contribution in [3.05, 3.63) is 0 Å². The van der Waals surface area contributed by atoms with Crippen LogP contribution in [0.1, 0.15) is 278 Å². The van der Waals surface area contributed by atoms with Gasteiger partial charge in [0, 0.05) is 6.42 Å². The second kappa shape index (κ2) is 44.7. The first kappa shape index (κ1) is 58.3. The van der Waals surface area contributed by atoms with Crippen LogP contribution < -0.4 is 12.4 Å². The molecule has 0 heterocycles. The van der Waals surface area contributed by atoms with E-state index in [4.69, 9.17) is 9.47 Å². The Hall–Kier alpha value is -0.810. The average Bonchev–Trinajstić information content (AvgIpc) is 3.16. The van der Waals surface area contributed by atoms with Gasteiger partial charge in [-0.15, -0.1) is 0 Å². The van der Waals surface area contributed by atoms with Gasteiger partial charge >= 0.3 is 11.9 Å². The first-order chi connectivity index (χ1) is 27.3. The predicted molar refractivity (Wildman–Crippen MR) is 244 cm³/mol. The topological polar surface area (TPSA) is 52.6 Å². The molecule has 1 unspecified atom stereocenters. The summed E-state index contributed by atoms with van der Waals surface area (Å²) in [5, 5.41) is 0. The minimum atomic E-state index is -0.356. The summed E-state index contributed by atoms with van der Waals surface area (Å²) in [5.74, 6) is -0.307. The highest BCUT2D eigenvalue weighted by Crippen LogP contribution is 2.21. The second-order valence-corrected chi connectivity index (χ2v) is 18.7. The number of quaternary nitrogens is 1. The molecule has 342 valence electrons. The number of nitrogens with zero attached hydrogens (tertiary/aromatic N) is 1. The standard InChI is InChI=1S/C51H102NO4.ClH/c1-7-10-13-16-19-22-25-28-31-34-37-40-43-48(44-41-38-35-32-29-26-23-20-17-14-11-8-2)56-50(53)46-45-49(52(4,5)6)51(54)55-47-42-39-36-33-30-27-24-21-18-15-12-9-3;/h48-49H,7-47H2,1-6H3;1H/q+1;/p-1. The molecule has 0 aliphatic heterocycles. The number of esters is 2. The minimum Gasteiger partial charge on any atom is -1.00 e. The third-order valence-corrected chi connectivity index (χ3v) is 12.1. The van der Waals surface area contributed by atoms with Gasteiger partial charge in [-0.2, -0.15) is 0 Å². The van der Waals surface area contributed by atoms with E-state index < -0.39 is 0 Å². The molecular weight excluding hydrogens is 726 g/mol. The van der Waals surface area contributed by atoms with Crippen molar-refractivity contribution in [3.8, 4) is 0 Å². The van der Waals surface area contributed by atoms with E-state index in [2.05, 4.69) is 20.8 Å². The highest BCUT2D eigenvalue weighted by molar-refractivity contribution is 5.76. The van der Waals surface area contributed by atoms with Crippen molar-refractivity contribution in [2.75, 3.05) is 27.7 Å². The average molecular weight is 829 g/mol. The fraction of sp³-hybridized carbons (Fsp3) is 0.961. The molecule has 0 saturated carbocycles. The quantitative estimate of drug-likeness (QED) is 0.0349. The molecule has 57 heavy (non-hydrogen) atoms. The van der Waals surface area contributed by atoms with E-state index in [1.54, 1.807) is 0 Å². The monoisotopic (exact) mass is 828 g/mol. The SMILES string of the molecule is CCCCCCCCCCCCCCOC(=O)C(CCC(=O)OC(CCCCCCCCCCCCCC)CCCCCCCCCCCCCC)[N+](C)(C)C.[Cl-]. The number of likely N-dealkylation sites (N-methyl/N-ethyl adjacent to an activating group) is 1. The maximum Gasteiger partial charge on any atom is 0.364 e. The van der Waals surface area contributed by atoms with E-state index in [-0.39, 0.29) is 42.9 Å². The lowest BCUT2D eigenvalue weighted by atomic mass is 10.0. The van der Waals surface area contributed by atoms with Crippen LogP contribution in [-0.4, -0.2) is 56.3 Å². The van der Waals surface area contributed by atoms with Gasteiger partial charge in [-0.25, -0.2) is 4.79 Å². The third-order valence-electron chi connectivity index (χ3n) is 12.1. The highest BCUT2D eigenvalue weighted by Gasteiger charge is 2.34. The van der Waals surface area contributed by atoms with Crippen molar-refractivity contribution in [3.63, 3.8) is 0 Å². The van der Waals surface area contributed by atoms with Gasteiger partial charge < -0.3 is 26.4 Å². The minimum absolute atomic E-state index is 0. The number of halogens is 1. The van der Waals surface area contributed by atoms with Crippen LogP contribution >= 0.6 is 0 Å². The van der Waals surface area contributed by atoms with Crippen LogP contribution in [0.5, 0.6) is 0 Å². The Morgan fingerprint density at radius 1 is 0.404 bits per heavy atom. The van der Waals surface area contributed by atoms with Crippen LogP contribution in [0, 0.1) is 0 Å². The van der Waals surface area contributed by atoms with Gasteiger partial charge in [0.1, 0.15) is 6.10 Å². The molecule has 0 bridgehead atoms. The Kier molecular flexibility index (Phi) is 45.7. The molecule has 0 aromatic heterocycles. The number of unbranched alkanes of at least 4 members (excludes halogenated alkanes) is 33. The molecule has 0 radical (unpaired) electrons. The Labute approximate surface area is 364 Å². The van der Waals surface area contributed by atoms with Crippen LogP contribution in [0.2, 0.25) is 0 Å². The Morgan fingerprint density at radius 2 is 0.684 bits per heavy atom. The molecule has 0 aromatic carbocycles. The summed E-state index contributed by atoms with van der Waals surface area (Å²) in [4.78, 5) is 26.5. The van der Waals surface area contributed by atoms with Gasteiger partial charge in [0.05, 0.1) is 34.2 Å². The number of ether oxygens (including phenoxy) is 2. The maximum atomic E-state index is 13.2. The number of carbonyl (C=O) groups is 2. The summed E-state index contributed by atoms with van der Waals surface area (Å²) in [6.07, 6.45) is 50.3. The molecule has 0 fully saturated rings. The van der Waals surface area contributed by atoms with Gasteiger partial charge in [-0.3, -0.25) is 4.79 Å². The second-order valence-electron chi connectivity index (χ2n) is 18.7. The molecular formula is C51H102ClNO4. The molecule has 1 atom stereocenters. The zero-order chi connectivity index (χ0) is 41.2. The molecule has 0 aromatic rings. The number of rotatable bonds is 45. The number of hydrogen-bond acceptors (Lipinski definition) is 4. The lowest BCUT2D eigenvalue weighted by molar-refractivity contribution is -0.887. The van der Waals surface area contributed by atoms with Crippen molar-refractivity contribution in [2.45, 2.75) is 290 Å². The van der Waals surface area contributed by atoms with Crippen LogP contribution in [-0.2, 0) is 19.1 Å². The Bertz CT molecular complexity index is 803. The summed E-state index contributed by atoms with van der Waals surface area (Å²) in [6, 6.07) is -0.356. The smallest absolute Gasteiger partial charge is 0.364 e. The van der Waals surface area contributed by atoms with E-state index in [0.717, 1.165) is 38.5 Å². The first-order valence-electron chi connectivity index (χ1n) is 25.4. The van der Waals surface area contributed by atoms with Gasteiger partial charge in [-0.1, -0.05) is 233 Å². The lowest BCUT2D eigenvalue weighted by Crippen LogP contribution is -3.00. The van der Waals surface area contributed by atoms with E-state index in [1.807, 2.05) is 21.1 Å². The largest absolute Gasteiger partial charge is 1.00 e. The van der Waals surface area contributed by atoms with Crippen molar-refractivity contribution < 1.29 is 36.0 Å². The van der Waals surface area contributed by atoms with Crippen molar-refractivity contribution in [1.82, 2.24) is 0 Å². The molecule has 0 rings (SSSR count). The summed E-state index contributed by atoms with van der Waals surface area (Å²) in [5.41, 5.74) is 0. The third kappa shape index (κ3) is 41.7. The van der Waals surface area contributed by atoms with E-state index in [0.29, 0.717) is 17.5 Å². The van der Waals surface area contributed by atoms with Crippen LogP contribution in [0.3, 0.4) is 0 Å². The van der Waals surface area contributed by atoms with Crippen molar-refractivity contribution >= 4 is 11.9 Å². The molecule has 0 N–H and O–H groups in total. The number of hydrogen-bond donors (Lipinski definition) is 0. The van der Waals surface area contributed by atoms with E-state index >= 15 is 0 Å². The molecule has 6 heteroatoms. The Morgan fingerprint density at radius 3 is 0.982 bits per heavy atom. The molecule has 0 spiro atoms.